The van der Waals surface area contributed by atoms with Gasteiger partial charge in [0.1, 0.15) is 11.9 Å². The molecule has 0 spiro atoms. The van der Waals surface area contributed by atoms with E-state index in [4.69, 9.17) is 16.3 Å². The number of halogens is 1. The van der Waals surface area contributed by atoms with Crippen LogP contribution in [0.4, 0.5) is 0 Å². The third kappa shape index (κ3) is 3.65. The van der Waals surface area contributed by atoms with Gasteiger partial charge in [-0.1, -0.05) is 11.6 Å². The third-order valence-corrected chi connectivity index (χ3v) is 5.64. The van der Waals surface area contributed by atoms with Crippen molar-refractivity contribution in [2.45, 2.75) is 38.0 Å². The Balaban J connectivity index is 1.70. The van der Waals surface area contributed by atoms with E-state index in [0.717, 1.165) is 11.3 Å². The summed E-state index contributed by atoms with van der Waals surface area (Å²) < 4.78 is 28.8. The summed E-state index contributed by atoms with van der Waals surface area (Å²) in [6, 6.07) is 6.10. The molecule has 1 saturated heterocycles. The average molecular weight is 316 g/mol. The summed E-state index contributed by atoms with van der Waals surface area (Å²) >= 11 is 6.03. The summed E-state index contributed by atoms with van der Waals surface area (Å²) in [5.41, 5.74) is 0.994. The van der Waals surface area contributed by atoms with Gasteiger partial charge in [-0.2, -0.15) is 0 Å². The first-order valence-corrected chi connectivity index (χ1v) is 9.11. The van der Waals surface area contributed by atoms with E-state index in [1.807, 2.05) is 12.1 Å². The summed E-state index contributed by atoms with van der Waals surface area (Å²) in [5.74, 6) is 1.08. The highest BCUT2D eigenvalue weighted by molar-refractivity contribution is 7.91. The normalized spacial score (nSPS) is 24.8. The molecule has 1 aliphatic carbocycles. The van der Waals surface area contributed by atoms with Crippen LogP contribution in [-0.2, 0) is 16.4 Å². The van der Waals surface area contributed by atoms with Gasteiger partial charge in [-0.15, -0.1) is 0 Å². The van der Waals surface area contributed by atoms with Gasteiger partial charge in [0.25, 0.3) is 0 Å². The molecular weight excluding hydrogens is 298 g/mol. The van der Waals surface area contributed by atoms with Crippen molar-refractivity contribution in [2.24, 2.45) is 0 Å². The molecule has 1 heterocycles. The van der Waals surface area contributed by atoms with Crippen molar-refractivity contribution in [3.05, 3.63) is 28.8 Å². The average Bonchev–Trinajstić information content (AvgIpc) is 3.14. The van der Waals surface area contributed by atoms with Crippen LogP contribution in [0.3, 0.4) is 0 Å². The molecule has 0 radical (unpaired) electrons. The van der Waals surface area contributed by atoms with Crippen LogP contribution >= 0.6 is 11.6 Å². The molecule has 110 valence electrons. The van der Waals surface area contributed by atoms with E-state index in [1.54, 1.807) is 6.07 Å². The second-order valence-electron chi connectivity index (χ2n) is 5.55. The lowest BCUT2D eigenvalue weighted by Gasteiger charge is -2.16. The zero-order valence-corrected chi connectivity index (χ0v) is 12.7. The van der Waals surface area contributed by atoms with E-state index < -0.39 is 9.84 Å². The first kappa shape index (κ1) is 14.2. The first-order valence-electron chi connectivity index (χ1n) is 6.91. The number of hydrogen-bond acceptors (Lipinski definition) is 4. The van der Waals surface area contributed by atoms with Gasteiger partial charge >= 0.3 is 0 Å². The maximum atomic E-state index is 11.5. The molecule has 2 aliphatic rings. The summed E-state index contributed by atoms with van der Waals surface area (Å²) in [4.78, 5) is 0. The monoisotopic (exact) mass is 315 g/mol. The fourth-order valence-corrected chi connectivity index (χ4v) is 4.16. The topological polar surface area (TPSA) is 55.4 Å². The van der Waals surface area contributed by atoms with Crippen LogP contribution in [0.25, 0.3) is 0 Å². The minimum absolute atomic E-state index is 0.116. The van der Waals surface area contributed by atoms with E-state index in [-0.39, 0.29) is 17.6 Å². The molecule has 1 atom stereocenters. The predicted molar refractivity (Wildman–Crippen MR) is 79.0 cm³/mol. The Hall–Kier alpha value is -0.780. The number of benzene rings is 1. The molecule has 1 unspecified atom stereocenters. The SMILES string of the molecule is O=S1(=O)CCC(Oc2ccc(Cl)cc2CNC2CC2)C1. The molecule has 0 aromatic heterocycles. The Labute approximate surface area is 124 Å². The van der Waals surface area contributed by atoms with Crippen LogP contribution in [0, 0.1) is 0 Å². The zero-order valence-electron chi connectivity index (χ0n) is 11.1. The molecule has 1 N–H and O–H groups in total. The minimum Gasteiger partial charge on any atom is -0.489 e. The molecule has 2 fully saturated rings. The van der Waals surface area contributed by atoms with Crippen molar-refractivity contribution in [1.29, 1.82) is 0 Å². The van der Waals surface area contributed by atoms with Gasteiger partial charge in [0, 0.05) is 23.2 Å². The van der Waals surface area contributed by atoms with Gasteiger partial charge in [-0.05, 0) is 37.5 Å². The van der Waals surface area contributed by atoms with Crippen molar-refractivity contribution < 1.29 is 13.2 Å². The number of nitrogens with one attached hydrogen (secondary N) is 1. The largest absolute Gasteiger partial charge is 0.489 e. The summed E-state index contributed by atoms with van der Waals surface area (Å²) in [6.45, 7) is 0.708. The molecule has 1 aromatic rings. The highest BCUT2D eigenvalue weighted by Crippen LogP contribution is 2.28. The summed E-state index contributed by atoms with van der Waals surface area (Å²) in [7, 11) is -2.92. The highest BCUT2D eigenvalue weighted by atomic mass is 35.5. The fourth-order valence-electron chi connectivity index (χ4n) is 2.38. The first-order chi connectivity index (χ1) is 9.52. The van der Waals surface area contributed by atoms with Crippen molar-refractivity contribution in [3.63, 3.8) is 0 Å². The molecule has 3 rings (SSSR count). The van der Waals surface area contributed by atoms with Gasteiger partial charge in [-0.3, -0.25) is 0 Å². The molecule has 1 aromatic carbocycles. The molecule has 20 heavy (non-hydrogen) atoms. The lowest BCUT2D eigenvalue weighted by atomic mass is 10.2. The Morgan fingerprint density at radius 3 is 2.75 bits per heavy atom. The lowest BCUT2D eigenvalue weighted by Crippen LogP contribution is -2.20. The maximum absolute atomic E-state index is 11.5. The van der Waals surface area contributed by atoms with Gasteiger partial charge in [-0.25, -0.2) is 8.42 Å². The number of rotatable bonds is 5. The zero-order chi connectivity index (χ0) is 14.2. The Kier molecular flexibility index (Phi) is 3.93. The van der Waals surface area contributed by atoms with Gasteiger partial charge < -0.3 is 10.1 Å². The molecule has 1 saturated carbocycles. The van der Waals surface area contributed by atoms with E-state index in [9.17, 15) is 8.42 Å². The smallest absolute Gasteiger partial charge is 0.154 e. The van der Waals surface area contributed by atoms with Crippen molar-refractivity contribution in [2.75, 3.05) is 11.5 Å². The molecular formula is C14H18ClNO3S. The van der Waals surface area contributed by atoms with Crippen molar-refractivity contribution in [3.8, 4) is 5.75 Å². The van der Waals surface area contributed by atoms with Gasteiger partial charge in [0.05, 0.1) is 11.5 Å². The minimum atomic E-state index is -2.92. The quantitative estimate of drug-likeness (QED) is 0.904. The number of sulfone groups is 1. The summed E-state index contributed by atoms with van der Waals surface area (Å²) in [6.07, 6.45) is 2.77. The molecule has 0 amide bonds. The molecule has 1 aliphatic heterocycles. The van der Waals surface area contributed by atoms with Crippen molar-refractivity contribution >= 4 is 21.4 Å². The van der Waals surface area contributed by atoms with Crippen LogP contribution < -0.4 is 10.1 Å². The number of ether oxygens (including phenoxy) is 1. The van der Waals surface area contributed by atoms with Crippen LogP contribution in [-0.4, -0.2) is 32.1 Å². The van der Waals surface area contributed by atoms with Crippen molar-refractivity contribution in [1.82, 2.24) is 5.32 Å². The summed E-state index contributed by atoms with van der Waals surface area (Å²) in [5, 5.41) is 4.10. The molecule has 0 bridgehead atoms. The van der Waals surface area contributed by atoms with Crippen LogP contribution in [0.5, 0.6) is 5.75 Å². The highest BCUT2D eigenvalue weighted by Gasteiger charge is 2.30. The van der Waals surface area contributed by atoms with Gasteiger partial charge in [0.15, 0.2) is 9.84 Å². The fraction of sp³-hybridized carbons (Fsp3) is 0.571. The standard InChI is InChI=1S/C14H18ClNO3S/c15-11-1-4-14(10(7-11)8-16-12-2-3-12)19-13-5-6-20(17,18)9-13/h1,4,7,12-13,16H,2-3,5-6,8-9H2. The predicted octanol–water partition coefficient (Wildman–Crippen LogP) is 2.16. The lowest BCUT2D eigenvalue weighted by molar-refractivity contribution is 0.226. The Morgan fingerprint density at radius 2 is 2.10 bits per heavy atom. The number of hydrogen-bond donors (Lipinski definition) is 1. The second kappa shape index (κ2) is 5.54. The van der Waals surface area contributed by atoms with E-state index in [1.165, 1.54) is 12.8 Å². The Bertz CT molecular complexity index is 598. The van der Waals surface area contributed by atoms with E-state index in [0.29, 0.717) is 24.0 Å². The second-order valence-corrected chi connectivity index (χ2v) is 8.22. The van der Waals surface area contributed by atoms with E-state index in [2.05, 4.69) is 5.32 Å². The molecule has 4 nitrogen and oxygen atoms in total. The third-order valence-electron chi connectivity index (χ3n) is 3.67. The van der Waals surface area contributed by atoms with Crippen LogP contribution in [0.1, 0.15) is 24.8 Å². The Morgan fingerprint density at radius 1 is 1.30 bits per heavy atom. The van der Waals surface area contributed by atoms with Crippen LogP contribution in [0.2, 0.25) is 5.02 Å². The van der Waals surface area contributed by atoms with Gasteiger partial charge in [0.2, 0.25) is 0 Å². The van der Waals surface area contributed by atoms with E-state index >= 15 is 0 Å². The van der Waals surface area contributed by atoms with Crippen LogP contribution in [0.15, 0.2) is 18.2 Å². The molecule has 6 heteroatoms. The maximum Gasteiger partial charge on any atom is 0.154 e.